The lowest BCUT2D eigenvalue weighted by Gasteiger charge is -1.91. The summed E-state index contributed by atoms with van der Waals surface area (Å²) in [4.78, 5) is 0. The van der Waals surface area contributed by atoms with Crippen LogP contribution in [0.2, 0.25) is 0 Å². The quantitative estimate of drug-likeness (QED) is 0.601. The lowest BCUT2D eigenvalue weighted by molar-refractivity contribution is 0.547. The van der Waals surface area contributed by atoms with Crippen molar-refractivity contribution in [3.63, 3.8) is 0 Å². The van der Waals surface area contributed by atoms with Gasteiger partial charge in [-0.25, -0.2) is 4.21 Å². The first-order chi connectivity index (χ1) is 4.61. The van der Waals surface area contributed by atoms with Crippen LogP contribution in [0.15, 0.2) is 11.1 Å². The second kappa shape index (κ2) is 2.51. The predicted octanol–water partition coefficient (Wildman–Crippen LogP) is 0.309. The molecule has 4 nitrogen and oxygen atoms in total. The summed E-state index contributed by atoms with van der Waals surface area (Å²) in [7, 11) is 1.64. The topological polar surface area (TPSA) is 55.1 Å². The smallest absolute Gasteiger partial charge is 0.205 e. The molecular weight excluding hydrogens is 152 g/mol. The molecule has 10 heavy (non-hydrogen) atoms. The van der Waals surface area contributed by atoms with Gasteiger partial charge >= 0.3 is 0 Å². The molecule has 0 aliphatic rings. The van der Waals surface area contributed by atoms with Gasteiger partial charge < -0.3 is 4.55 Å². The number of aromatic nitrogens is 2. The average molecular weight is 160 g/mol. The second-order valence-corrected chi connectivity index (χ2v) is 2.91. The average Bonchev–Trinajstić information content (AvgIpc) is 2.10. The van der Waals surface area contributed by atoms with Gasteiger partial charge in [0, 0.05) is 7.05 Å². The van der Waals surface area contributed by atoms with Crippen molar-refractivity contribution in [2.45, 2.75) is 11.9 Å². The van der Waals surface area contributed by atoms with Crippen molar-refractivity contribution in [3.05, 3.63) is 11.8 Å². The molecule has 1 unspecified atom stereocenters. The zero-order valence-corrected chi connectivity index (χ0v) is 6.55. The molecule has 0 aliphatic carbocycles. The maximum absolute atomic E-state index is 10.5. The van der Waals surface area contributed by atoms with Gasteiger partial charge in [-0.15, -0.1) is 0 Å². The highest BCUT2D eigenvalue weighted by Crippen LogP contribution is 2.04. The Hall–Kier alpha value is -0.680. The molecule has 0 radical (unpaired) electrons. The van der Waals surface area contributed by atoms with Gasteiger partial charge in [0.25, 0.3) is 0 Å². The van der Waals surface area contributed by atoms with E-state index in [1.165, 1.54) is 4.68 Å². The van der Waals surface area contributed by atoms with E-state index in [4.69, 9.17) is 4.55 Å². The standard InChI is InChI=1S/C5H8N2O2S/c1-4-3-5(10(8)9)7(2)6-4/h3H,1-2H3,(H,8,9). The van der Waals surface area contributed by atoms with Crippen LogP contribution in [0.3, 0.4) is 0 Å². The van der Waals surface area contributed by atoms with Gasteiger partial charge in [-0.3, -0.25) is 4.68 Å². The molecular formula is C5H8N2O2S. The number of aryl methyl sites for hydroxylation is 2. The summed E-state index contributed by atoms with van der Waals surface area (Å²) in [5.74, 6) is 0. The molecule has 0 saturated carbocycles. The van der Waals surface area contributed by atoms with Gasteiger partial charge in [-0.05, 0) is 13.0 Å². The molecule has 0 fully saturated rings. The van der Waals surface area contributed by atoms with Crippen LogP contribution in [0.25, 0.3) is 0 Å². The van der Waals surface area contributed by atoms with Crippen LogP contribution < -0.4 is 0 Å². The fourth-order valence-corrected chi connectivity index (χ4v) is 1.29. The summed E-state index contributed by atoms with van der Waals surface area (Å²) in [6.45, 7) is 1.77. The summed E-state index contributed by atoms with van der Waals surface area (Å²) >= 11 is -1.92. The Labute approximate surface area is 61.1 Å². The van der Waals surface area contributed by atoms with Gasteiger partial charge in [0.1, 0.15) is 0 Å². The Morgan fingerprint density at radius 3 is 2.60 bits per heavy atom. The zero-order valence-electron chi connectivity index (χ0n) is 5.74. The molecule has 1 aromatic rings. The third-order valence-corrected chi connectivity index (χ3v) is 1.88. The zero-order chi connectivity index (χ0) is 7.72. The fraction of sp³-hybridized carbons (Fsp3) is 0.400. The fourth-order valence-electron chi connectivity index (χ4n) is 0.750. The predicted molar refractivity (Wildman–Crippen MR) is 37.0 cm³/mol. The Kier molecular flexibility index (Phi) is 1.87. The molecule has 1 aromatic heterocycles. The van der Waals surface area contributed by atoms with E-state index in [2.05, 4.69) is 5.10 Å². The molecule has 0 bridgehead atoms. The largest absolute Gasteiger partial charge is 0.301 e. The molecule has 1 atom stereocenters. The van der Waals surface area contributed by atoms with Crippen molar-refractivity contribution >= 4 is 11.1 Å². The molecule has 0 aliphatic heterocycles. The van der Waals surface area contributed by atoms with E-state index in [1.807, 2.05) is 0 Å². The molecule has 0 aromatic carbocycles. The van der Waals surface area contributed by atoms with Crippen LogP contribution in [0.4, 0.5) is 0 Å². The van der Waals surface area contributed by atoms with Crippen molar-refractivity contribution in [1.29, 1.82) is 0 Å². The van der Waals surface area contributed by atoms with Crippen LogP contribution in [0.5, 0.6) is 0 Å². The van der Waals surface area contributed by atoms with Gasteiger partial charge in [-0.1, -0.05) is 0 Å². The monoisotopic (exact) mass is 160 g/mol. The van der Waals surface area contributed by atoms with Crippen molar-refractivity contribution in [1.82, 2.24) is 9.78 Å². The first-order valence-corrected chi connectivity index (χ1v) is 3.83. The van der Waals surface area contributed by atoms with E-state index >= 15 is 0 Å². The minimum Gasteiger partial charge on any atom is -0.301 e. The highest BCUT2D eigenvalue weighted by atomic mass is 32.2. The third-order valence-electron chi connectivity index (χ3n) is 1.14. The Balaban J connectivity index is 3.15. The van der Waals surface area contributed by atoms with Gasteiger partial charge in [0.2, 0.25) is 11.1 Å². The first-order valence-electron chi connectivity index (χ1n) is 2.73. The summed E-state index contributed by atoms with van der Waals surface area (Å²) in [5.41, 5.74) is 0.750. The number of hydrogen-bond donors (Lipinski definition) is 1. The Bertz CT molecular complexity index is 269. The lowest BCUT2D eigenvalue weighted by atomic mass is 10.5. The number of nitrogens with zero attached hydrogens (tertiary/aromatic N) is 2. The minimum absolute atomic E-state index is 0.331. The highest BCUT2D eigenvalue weighted by Gasteiger charge is 2.05. The van der Waals surface area contributed by atoms with E-state index in [0.29, 0.717) is 5.03 Å². The van der Waals surface area contributed by atoms with Crippen molar-refractivity contribution in [3.8, 4) is 0 Å². The molecule has 5 heteroatoms. The maximum Gasteiger partial charge on any atom is 0.205 e. The summed E-state index contributed by atoms with van der Waals surface area (Å²) < 4.78 is 20.5. The summed E-state index contributed by atoms with van der Waals surface area (Å²) in [5, 5.41) is 4.23. The number of rotatable bonds is 1. The van der Waals surface area contributed by atoms with E-state index in [-0.39, 0.29) is 0 Å². The maximum atomic E-state index is 10.5. The van der Waals surface area contributed by atoms with Crippen molar-refractivity contribution < 1.29 is 8.76 Å². The summed E-state index contributed by atoms with van der Waals surface area (Å²) in [6, 6.07) is 1.58. The Morgan fingerprint density at radius 1 is 1.80 bits per heavy atom. The van der Waals surface area contributed by atoms with Crippen LogP contribution >= 0.6 is 0 Å². The van der Waals surface area contributed by atoms with E-state index in [1.54, 1.807) is 20.0 Å². The van der Waals surface area contributed by atoms with Crippen LogP contribution in [0.1, 0.15) is 5.69 Å². The molecule has 0 saturated heterocycles. The second-order valence-electron chi connectivity index (χ2n) is 2.00. The molecule has 1 heterocycles. The highest BCUT2D eigenvalue weighted by molar-refractivity contribution is 7.79. The van der Waals surface area contributed by atoms with E-state index in [0.717, 1.165) is 5.69 Å². The van der Waals surface area contributed by atoms with Crippen LogP contribution in [-0.2, 0) is 18.1 Å². The lowest BCUT2D eigenvalue weighted by Crippen LogP contribution is -1.99. The molecule has 56 valence electrons. The third kappa shape index (κ3) is 1.25. The van der Waals surface area contributed by atoms with Gasteiger partial charge in [-0.2, -0.15) is 5.10 Å². The van der Waals surface area contributed by atoms with Crippen molar-refractivity contribution in [2.75, 3.05) is 0 Å². The molecule has 1 rings (SSSR count). The van der Waals surface area contributed by atoms with E-state index < -0.39 is 11.1 Å². The van der Waals surface area contributed by atoms with Crippen LogP contribution in [0, 0.1) is 6.92 Å². The van der Waals surface area contributed by atoms with Crippen molar-refractivity contribution in [2.24, 2.45) is 7.05 Å². The van der Waals surface area contributed by atoms with Crippen LogP contribution in [-0.4, -0.2) is 18.5 Å². The van der Waals surface area contributed by atoms with Gasteiger partial charge in [0.15, 0.2) is 5.03 Å². The van der Waals surface area contributed by atoms with Gasteiger partial charge in [0.05, 0.1) is 5.69 Å². The molecule has 1 N–H and O–H groups in total. The number of hydrogen-bond acceptors (Lipinski definition) is 2. The summed E-state index contributed by atoms with van der Waals surface area (Å²) in [6.07, 6.45) is 0. The normalized spacial score (nSPS) is 13.5. The minimum atomic E-state index is -1.92. The first kappa shape index (κ1) is 7.43. The van der Waals surface area contributed by atoms with E-state index in [9.17, 15) is 4.21 Å². The SMILES string of the molecule is Cc1cc(S(=O)O)n(C)n1. The Morgan fingerprint density at radius 2 is 2.40 bits per heavy atom. The molecule has 0 amide bonds. The molecule has 0 spiro atoms.